The summed E-state index contributed by atoms with van der Waals surface area (Å²) >= 11 is 1.63. The van der Waals surface area contributed by atoms with Crippen LogP contribution in [0.5, 0.6) is 0 Å². The van der Waals surface area contributed by atoms with Crippen molar-refractivity contribution in [2.45, 2.75) is 13.0 Å². The predicted octanol–water partition coefficient (Wildman–Crippen LogP) is 3.43. The Labute approximate surface area is 121 Å². The van der Waals surface area contributed by atoms with Gasteiger partial charge in [-0.05, 0) is 30.7 Å². The number of rotatable bonds is 5. The molecule has 0 spiro atoms. The van der Waals surface area contributed by atoms with Crippen molar-refractivity contribution >= 4 is 22.2 Å². The van der Waals surface area contributed by atoms with Crippen molar-refractivity contribution in [3.63, 3.8) is 0 Å². The van der Waals surface area contributed by atoms with Crippen LogP contribution in [-0.4, -0.2) is 11.5 Å². The molecule has 2 heterocycles. The average molecular weight is 281 g/mol. The van der Waals surface area contributed by atoms with Crippen LogP contribution >= 0.6 is 11.3 Å². The molecule has 0 aliphatic carbocycles. The van der Waals surface area contributed by atoms with Crippen LogP contribution in [0.25, 0.3) is 10.9 Å². The summed E-state index contributed by atoms with van der Waals surface area (Å²) in [5, 5.41) is 15.4. The lowest BCUT2D eigenvalue weighted by Gasteiger charge is -2.02. The number of aromatic nitrogens is 1. The van der Waals surface area contributed by atoms with Gasteiger partial charge in [-0.25, -0.2) is 0 Å². The van der Waals surface area contributed by atoms with Crippen molar-refractivity contribution in [2.24, 2.45) is 0 Å². The Bertz CT molecular complexity index is 748. The normalized spacial score (nSPS) is 10.8. The van der Waals surface area contributed by atoms with Crippen molar-refractivity contribution in [1.29, 1.82) is 5.26 Å². The number of thiophene rings is 1. The molecule has 0 aliphatic heterocycles. The molecule has 2 aromatic heterocycles. The predicted molar refractivity (Wildman–Crippen MR) is 82.7 cm³/mol. The van der Waals surface area contributed by atoms with Crippen LogP contribution in [0.2, 0.25) is 0 Å². The lowest BCUT2D eigenvalue weighted by molar-refractivity contribution is 0.695. The van der Waals surface area contributed by atoms with E-state index in [0.717, 1.165) is 25.1 Å². The molecular formula is C16H15N3S. The van der Waals surface area contributed by atoms with E-state index >= 15 is 0 Å². The maximum Gasteiger partial charge on any atom is 0.100 e. The molecule has 20 heavy (non-hydrogen) atoms. The molecule has 0 aliphatic rings. The third-order valence-corrected chi connectivity index (χ3v) is 4.26. The number of hydrogen-bond donors (Lipinski definition) is 2. The van der Waals surface area contributed by atoms with Crippen LogP contribution in [0, 0.1) is 11.3 Å². The van der Waals surface area contributed by atoms with Gasteiger partial charge < -0.3 is 10.3 Å². The summed E-state index contributed by atoms with van der Waals surface area (Å²) in [5.41, 5.74) is 3.29. The first-order valence-electron chi connectivity index (χ1n) is 6.60. The zero-order valence-electron chi connectivity index (χ0n) is 11.0. The topological polar surface area (TPSA) is 51.6 Å². The molecule has 0 saturated heterocycles. The second-order valence-electron chi connectivity index (χ2n) is 4.70. The van der Waals surface area contributed by atoms with Crippen molar-refractivity contribution in [2.75, 3.05) is 6.54 Å². The fraction of sp³-hybridized carbons (Fsp3) is 0.188. The van der Waals surface area contributed by atoms with Gasteiger partial charge in [0.25, 0.3) is 0 Å². The lowest BCUT2D eigenvalue weighted by atomic mass is 10.1. The van der Waals surface area contributed by atoms with E-state index in [1.165, 1.54) is 21.3 Å². The number of nitrogens with one attached hydrogen (secondary N) is 2. The Hall–Kier alpha value is -2.09. The third-order valence-electron chi connectivity index (χ3n) is 3.33. The van der Waals surface area contributed by atoms with Gasteiger partial charge in [-0.1, -0.05) is 18.2 Å². The van der Waals surface area contributed by atoms with Gasteiger partial charge in [0.1, 0.15) is 6.07 Å². The van der Waals surface area contributed by atoms with Gasteiger partial charge in [-0.2, -0.15) is 5.26 Å². The molecule has 0 atom stereocenters. The van der Waals surface area contributed by atoms with Crippen LogP contribution in [0.1, 0.15) is 16.0 Å². The molecule has 0 bridgehead atoms. The molecule has 3 aromatic rings. The second kappa shape index (κ2) is 5.91. The molecular weight excluding hydrogens is 266 g/mol. The fourth-order valence-electron chi connectivity index (χ4n) is 2.31. The highest BCUT2D eigenvalue weighted by Crippen LogP contribution is 2.18. The first-order chi connectivity index (χ1) is 9.86. The number of para-hydroxylation sites is 1. The molecule has 0 saturated carbocycles. The largest absolute Gasteiger partial charge is 0.361 e. The molecule has 0 radical (unpaired) electrons. The van der Waals surface area contributed by atoms with Crippen LogP contribution in [0.15, 0.2) is 41.9 Å². The highest BCUT2D eigenvalue weighted by atomic mass is 32.1. The van der Waals surface area contributed by atoms with Crippen LogP contribution in [0.3, 0.4) is 0 Å². The number of nitrogens with zero attached hydrogens (tertiary/aromatic N) is 1. The van der Waals surface area contributed by atoms with E-state index in [4.69, 9.17) is 5.26 Å². The number of nitriles is 1. The molecule has 3 nitrogen and oxygen atoms in total. The van der Waals surface area contributed by atoms with Crippen LogP contribution in [-0.2, 0) is 13.0 Å². The number of H-pyrrole nitrogens is 1. The summed E-state index contributed by atoms with van der Waals surface area (Å²) in [6.45, 7) is 1.76. The summed E-state index contributed by atoms with van der Waals surface area (Å²) in [7, 11) is 0. The molecule has 1 aromatic carbocycles. The number of hydrogen-bond acceptors (Lipinski definition) is 3. The third kappa shape index (κ3) is 2.74. The van der Waals surface area contributed by atoms with E-state index in [1.807, 2.05) is 17.5 Å². The first-order valence-corrected chi connectivity index (χ1v) is 7.48. The minimum absolute atomic E-state index is 0.753. The summed E-state index contributed by atoms with van der Waals surface area (Å²) in [4.78, 5) is 4.50. The van der Waals surface area contributed by atoms with E-state index in [0.29, 0.717) is 0 Å². The standard InChI is InChI=1S/C16H15N3S/c17-8-12-7-14(20-11-12)10-18-6-5-13-9-19-16-4-2-1-3-15(13)16/h1-4,7,9,11,18-19H,5-6,10H2. The van der Waals surface area contributed by atoms with Gasteiger partial charge in [0.15, 0.2) is 0 Å². The highest BCUT2D eigenvalue weighted by Gasteiger charge is 2.03. The SMILES string of the molecule is N#Cc1csc(CNCCc2c[nH]c3ccccc23)c1. The second-order valence-corrected chi connectivity index (χ2v) is 5.70. The molecule has 0 amide bonds. The van der Waals surface area contributed by atoms with Gasteiger partial charge in [-0.15, -0.1) is 11.3 Å². The first kappa shape index (κ1) is 12.9. The minimum atomic E-state index is 0.753. The van der Waals surface area contributed by atoms with Gasteiger partial charge in [0, 0.05) is 33.9 Å². The van der Waals surface area contributed by atoms with Crippen molar-refractivity contribution in [3.05, 3.63) is 57.9 Å². The summed E-state index contributed by atoms with van der Waals surface area (Å²) in [5.74, 6) is 0. The number of benzene rings is 1. The van der Waals surface area contributed by atoms with Crippen LogP contribution in [0.4, 0.5) is 0 Å². The Morgan fingerprint density at radius 3 is 3.05 bits per heavy atom. The van der Waals surface area contributed by atoms with Gasteiger partial charge in [-0.3, -0.25) is 0 Å². The molecule has 0 fully saturated rings. The number of fused-ring (bicyclic) bond motifs is 1. The molecule has 2 N–H and O–H groups in total. The van der Waals surface area contributed by atoms with Crippen LogP contribution < -0.4 is 5.32 Å². The average Bonchev–Trinajstić information content (AvgIpc) is 3.10. The molecule has 4 heteroatoms. The van der Waals surface area contributed by atoms with Gasteiger partial charge in [0.2, 0.25) is 0 Å². The minimum Gasteiger partial charge on any atom is -0.361 e. The molecule has 3 rings (SSSR count). The molecule has 100 valence electrons. The Morgan fingerprint density at radius 2 is 2.20 bits per heavy atom. The Balaban J connectivity index is 1.54. The summed E-state index contributed by atoms with van der Waals surface area (Å²) in [6, 6.07) is 12.5. The Morgan fingerprint density at radius 1 is 1.30 bits per heavy atom. The lowest BCUT2D eigenvalue weighted by Crippen LogP contribution is -2.15. The van der Waals surface area contributed by atoms with E-state index in [-0.39, 0.29) is 0 Å². The zero-order chi connectivity index (χ0) is 13.8. The van der Waals surface area contributed by atoms with Gasteiger partial charge >= 0.3 is 0 Å². The maximum absolute atomic E-state index is 8.78. The number of aromatic amines is 1. The zero-order valence-corrected chi connectivity index (χ0v) is 11.8. The van der Waals surface area contributed by atoms with E-state index < -0.39 is 0 Å². The Kier molecular flexibility index (Phi) is 3.82. The smallest absolute Gasteiger partial charge is 0.100 e. The van der Waals surface area contributed by atoms with Crippen molar-refractivity contribution in [3.8, 4) is 6.07 Å². The van der Waals surface area contributed by atoms with Gasteiger partial charge in [0.05, 0.1) is 5.56 Å². The summed E-state index contributed by atoms with van der Waals surface area (Å²) in [6.07, 6.45) is 3.09. The van der Waals surface area contributed by atoms with E-state index in [2.05, 4.69) is 40.8 Å². The van der Waals surface area contributed by atoms with Crippen molar-refractivity contribution < 1.29 is 0 Å². The quantitative estimate of drug-likeness (QED) is 0.704. The van der Waals surface area contributed by atoms with E-state index in [9.17, 15) is 0 Å². The fourth-order valence-corrected chi connectivity index (χ4v) is 3.08. The maximum atomic E-state index is 8.78. The molecule has 0 unspecified atom stereocenters. The summed E-state index contributed by atoms with van der Waals surface area (Å²) < 4.78 is 0. The highest BCUT2D eigenvalue weighted by molar-refractivity contribution is 7.10. The van der Waals surface area contributed by atoms with Crippen molar-refractivity contribution in [1.82, 2.24) is 10.3 Å². The van der Waals surface area contributed by atoms with E-state index in [1.54, 1.807) is 11.3 Å². The monoisotopic (exact) mass is 281 g/mol.